The molecule has 1 N–H and O–H groups in total. The van der Waals surface area contributed by atoms with Crippen LogP contribution in [0.15, 0.2) is 24.3 Å². The molecule has 1 aliphatic carbocycles. The Morgan fingerprint density at radius 3 is 2.31 bits per heavy atom. The normalized spacial score (nSPS) is 29.6. The van der Waals surface area contributed by atoms with E-state index in [2.05, 4.69) is 5.32 Å². The van der Waals surface area contributed by atoms with Gasteiger partial charge in [0.2, 0.25) is 0 Å². The van der Waals surface area contributed by atoms with Crippen LogP contribution in [0.2, 0.25) is 0 Å². The second-order valence-electron chi connectivity index (χ2n) is 4.82. The molecule has 1 aromatic carbocycles. The molecular formula is C13H16FNO. The van der Waals surface area contributed by atoms with Crippen LogP contribution >= 0.6 is 0 Å². The summed E-state index contributed by atoms with van der Waals surface area (Å²) in [5, 5.41) is 3.56. The Morgan fingerprint density at radius 2 is 1.75 bits per heavy atom. The smallest absolute Gasteiger partial charge is 0.123 e. The minimum atomic E-state index is -0.149. The molecule has 0 atom stereocenters. The Morgan fingerprint density at radius 1 is 1.06 bits per heavy atom. The number of benzene rings is 1. The summed E-state index contributed by atoms with van der Waals surface area (Å²) in [6.07, 6.45) is 2.34. The first-order valence-corrected chi connectivity index (χ1v) is 5.90. The fourth-order valence-corrected chi connectivity index (χ4v) is 2.43. The van der Waals surface area contributed by atoms with Crippen molar-refractivity contribution in [3.8, 4) is 0 Å². The first-order chi connectivity index (χ1) is 7.81. The summed E-state index contributed by atoms with van der Waals surface area (Å²) in [7, 11) is 0. The van der Waals surface area contributed by atoms with Gasteiger partial charge in [-0.2, -0.15) is 0 Å². The third kappa shape index (κ3) is 1.97. The molecule has 0 spiro atoms. The molecular weight excluding hydrogens is 205 g/mol. The zero-order chi connectivity index (χ0) is 11.0. The van der Waals surface area contributed by atoms with Crippen molar-refractivity contribution >= 4 is 0 Å². The summed E-state index contributed by atoms with van der Waals surface area (Å²) in [5.41, 5.74) is 1.27. The van der Waals surface area contributed by atoms with Crippen molar-refractivity contribution in [2.45, 2.75) is 30.8 Å². The van der Waals surface area contributed by atoms with Crippen LogP contribution in [-0.2, 0) is 4.74 Å². The Bertz CT molecular complexity index is 355. The van der Waals surface area contributed by atoms with Gasteiger partial charge in [0.05, 0.1) is 19.3 Å². The molecule has 2 nitrogen and oxygen atoms in total. The fourth-order valence-electron chi connectivity index (χ4n) is 2.43. The standard InChI is InChI=1S/C13H16FNO/c14-11-3-1-9(2-4-11)10-5-12(6-10)15-13-7-16-8-13/h1-4,10,12-13,15H,5-8H2. The van der Waals surface area contributed by atoms with Crippen molar-refractivity contribution < 1.29 is 9.13 Å². The topological polar surface area (TPSA) is 21.3 Å². The van der Waals surface area contributed by atoms with Crippen LogP contribution in [0.4, 0.5) is 4.39 Å². The third-order valence-electron chi connectivity index (χ3n) is 3.59. The average molecular weight is 221 g/mol. The van der Waals surface area contributed by atoms with E-state index < -0.39 is 0 Å². The summed E-state index contributed by atoms with van der Waals surface area (Å²) in [6, 6.07) is 8.11. The quantitative estimate of drug-likeness (QED) is 0.843. The molecule has 0 bridgehead atoms. The maximum absolute atomic E-state index is 12.7. The maximum atomic E-state index is 12.7. The highest BCUT2D eigenvalue weighted by Gasteiger charge is 2.33. The SMILES string of the molecule is Fc1ccc(C2CC(NC3COC3)C2)cc1. The van der Waals surface area contributed by atoms with E-state index in [9.17, 15) is 4.39 Å². The predicted molar refractivity (Wildman–Crippen MR) is 59.9 cm³/mol. The van der Waals surface area contributed by atoms with Crippen molar-refractivity contribution in [2.24, 2.45) is 0 Å². The molecule has 0 amide bonds. The zero-order valence-electron chi connectivity index (χ0n) is 9.16. The van der Waals surface area contributed by atoms with Gasteiger partial charge >= 0.3 is 0 Å². The molecule has 1 saturated heterocycles. The van der Waals surface area contributed by atoms with E-state index in [4.69, 9.17) is 4.74 Å². The summed E-state index contributed by atoms with van der Waals surface area (Å²) in [4.78, 5) is 0. The highest BCUT2D eigenvalue weighted by atomic mass is 19.1. The van der Waals surface area contributed by atoms with E-state index in [1.807, 2.05) is 12.1 Å². The Balaban J connectivity index is 1.50. The molecule has 0 aromatic heterocycles. The van der Waals surface area contributed by atoms with E-state index in [-0.39, 0.29) is 5.82 Å². The molecule has 1 aromatic rings. The van der Waals surface area contributed by atoms with Gasteiger partial charge in [0.25, 0.3) is 0 Å². The second kappa shape index (κ2) is 4.15. The number of ether oxygens (including phenoxy) is 1. The minimum absolute atomic E-state index is 0.149. The zero-order valence-corrected chi connectivity index (χ0v) is 9.16. The van der Waals surface area contributed by atoms with E-state index in [1.54, 1.807) is 12.1 Å². The molecule has 86 valence electrons. The molecule has 1 aliphatic heterocycles. The second-order valence-corrected chi connectivity index (χ2v) is 4.82. The van der Waals surface area contributed by atoms with Crippen LogP contribution in [-0.4, -0.2) is 25.3 Å². The van der Waals surface area contributed by atoms with E-state index in [0.29, 0.717) is 18.0 Å². The number of hydrogen-bond donors (Lipinski definition) is 1. The summed E-state index contributed by atoms with van der Waals surface area (Å²) < 4.78 is 17.9. The monoisotopic (exact) mass is 221 g/mol. The van der Waals surface area contributed by atoms with E-state index >= 15 is 0 Å². The van der Waals surface area contributed by atoms with Crippen LogP contribution in [0.3, 0.4) is 0 Å². The Hall–Kier alpha value is -0.930. The largest absolute Gasteiger partial charge is 0.378 e. The van der Waals surface area contributed by atoms with Crippen LogP contribution in [0.25, 0.3) is 0 Å². The summed E-state index contributed by atoms with van der Waals surface area (Å²) in [6.45, 7) is 1.72. The van der Waals surface area contributed by atoms with Gasteiger partial charge in [-0.05, 0) is 36.5 Å². The Kier molecular flexibility index (Phi) is 2.65. The number of halogens is 1. The molecule has 1 heterocycles. The van der Waals surface area contributed by atoms with Crippen molar-refractivity contribution in [3.63, 3.8) is 0 Å². The van der Waals surface area contributed by atoms with Gasteiger partial charge in [-0.3, -0.25) is 0 Å². The number of hydrogen-bond acceptors (Lipinski definition) is 2. The molecule has 3 heteroatoms. The van der Waals surface area contributed by atoms with Crippen LogP contribution < -0.4 is 5.32 Å². The van der Waals surface area contributed by atoms with Crippen molar-refractivity contribution in [1.29, 1.82) is 0 Å². The highest BCUT2D eigenvalue weighted by Crippen LogP contribution is 2.37. The van der Waals surface area contributed by atoms with Crippen LogP contribution in [0, 0.1) is 5.82 Å². The van der Waals surface area contributed by atoms with Gasteiger partial charge in [0.15, 0.2) is 0 Å². The first kappa shape index (κ1) is 10.2. The predicted octanol–water partition coefficient (Wildman–Crippen LogP) is 2.06. The lowest BCUT2D eigenvalue weighted by Crippen LogP contribution is -2.53. The first-order valence-electron chi connectivity index (χ1n) is 5.90. The van der Waals surface area contributed by atoms with Gasteiger partial charge < -0.3 is 10.1 Å². The summed E-state index contributed by atoms with van der Waals surface area (Å²) >= 11 is 0. The van der Waals surface area contributed by atoms with E-state index in [1.165, 1.54) is 18.4 Å². The molecule has 3 rings (SSSR count). The lowest BCUT2D eigenvalue weighted by atomic mass is 9.75. The van der Waals surface area contributed by atoms with Crippen LogP contribution in [0.5, 0.6) is 0 Å². The van der Waals surface area contributed by atoms with Gasteiger partial charge in [0.1, 0.15) is 5.82 Å². The van der Waals surface area contributed by atoms with Gasteiger partial charge in [-0.1, -0.05) is 12.1 Å². The molecule has 16 heavy (non-hydrogen) atoms. The average Bonchev–Trinajstić information content (AvgIpc) is 2.15. The van der Waals surface area contributed by atoms with Crippen molar-refractivity contribution in [3.05, 3.63) is 35.6 Å². The molecule has 0 radical (unpaired) electrons. The highest BCUT2D eigenvalue weighted by molar-refractivity contribution is 5.23. The number of nitrogens with one attached hydrogen (secondary N) is 1. The molecule has 2 aliphatic rings. The Labute approximate surface area is 94.8 Å². The van der Waals surface area contributed by atoms with Gasteiger partial charge in [-0.15, -0.1) is 0 Å². The van der Waals surface area contributed by atoms with Gasteiger partial charge in [0, 0.05) is 6.04 Å². The lowest BCUT2D eigenvalue weighted by Gasteiger charge is -2.40. The third-order valence-corrected chi connectivity index (χ3v) is 3.59. The van der Waals surface area contributed by atoms with Crippen molar-refractivity contribution in [2.75, 3.05) is 13.2 Å². The fraction of sp³-hybridized carbons (Fsp3) is 0.538. The van der Waals surface area contributed by atoms with E-state index in [0.717, 1.165) is 13.2 Å². The lowest BCUT2D eigenvalue weighted by molar-refractivity contribution is -0.0157. The molecule has 0 unspecified atom stereocenters. The molecule has 1 saturated carbocycles. The van der Waals surface area contributed by atoms with Crippen molar-refractivity contribution in [1.82, 2.24) is 5.32 Å². The minimum Gasteiger partial charge on any atom is -0.378 e. The van der Waals surface area contributed by atoms with Crippen LogP contribution in [0.1, 0.15) is 24.3 Å². The maximum Gasteiger partial charge on any atom is 0.123 e. The van der Waals surface area contributed by atoms with Gasteiger partial charge in [-0.25, -0.2) is 4.39 Å². The summed E-state index contributed by atoms with van der Waals surface area (Å²) in [5.74, 6) is 0.462. The molecule has 2 fully saturated rings. The number of rotatable bonds is 3.